The Balaban J connectivity index is 0.00000348. The topological polar surface area (TPSA) is 54.0 Å². The molecule has 4 nitrogen and oxygen atoms in total. The molecular formula is C44H28MnN4. The molecular weight excluding hydrogens is 639 g/mol. The Morgan fingerprint density at radius 1 is 0.286 bits per heavy atom. The van der Waals surface area contributed by atoms with Crippen LogP contribution >= 0.6 is 0 Å². The van der Waals surface area contributed by atoms with Crippen LogP contribution in [0.5, 0.6) is 0 Å². The molecule has 0 amide bonds. The van der Waals surface area contributed by atoms with Crippen LogP contribution in [0.3, 0.4) is 0 Å². The minimum absolute atomic E-state index is 0. The average molecular weight is 668 g/mol. The summed E-state index contributed by atoms with van der Waals surface area (Å²) in [5.41, 5.74) is 15.0. The first kappa shape index (κ1) is 30.3. The van der Waals surface area contributed by atoms with Gasteiger partial charge >= 0.3 is 17.1 Å². The second-order valence-corrected chi connectivity index (χ2v) is 11.8. The fourth-order valence-corrected chi connectivity index (χ4v) is 6.69. The summed E-state index contributed by atoms with van der Waals surface area (Å²) < 4.78 is 0. The summed E-state index contributed by atoms with van der Waals surface area (Å²) in [4.78, 5) is 21.2. The third-order valence-electron chi connectivity index (χ3n) is 8.86. The van der Waals surface area contributed by atoms with Crippen molar-refractivity contribution in [1.82, 2.24) is 19.9 Å². The van der Waals surface area contributed by atoms with Crippen LogP contribution in [0.25, 0.3) is 90.9 Å². The van der Waals surface area contributed by atoms with E-state index in [4.69, 9.17) is 19.9 Å². The van der Waals surface area contributed by atoms with Gasteiger partial charge in [0.05, 0.1) is 22.8 Å². The van der Waals surface area contributed by atoms with Crippen molar-refractivity contribution in [3.63, 3.8) is 0 Å². The molecule has 2 aliphatic rings. The number of fused-ring (bicyclic) bond motifs is 8. The SMILES string of the molecule is C1=Cc2nc1c(-c1ccccc1)c1ccc([n-]1)c(-c1ccccc1)c1nc(c(-c3ccccc3)c3ccc([n-]3)c2-c2ccccc2)C=C1.[Mn+2]. The standard InChI is InChI=1S/C44H28N4.Mn/c1-5-13-29(14-6-1)41-33-21-23-35(45-33)42(30-15-7-2-8-16-30)37-25-27-39(47-37)44(32-19-11-4-12-20-32)40-28-26-38(48-40)43(31-17-9-3-10-18-31)36-24-22-34(41)46-36;/h1-28H;/q-2;+2. The first-order valence-electron chi connectivity index (χ1n) is 16.1. The van der Waals surface area contributed by atoms with E-state index >= 15 is 0 Å². The Morgan fingerprint density at radius 2 is 0.510 bits per heavy atom. The van der Waals surface area contributed by atoms with Crippen molar-refractivity contribution in [3.8, 4) is 44.5 Å². The maximum Gasteiger partial charge on any atom is 2.00 e. The Morgan fingerprint density at radius 3 is 0.735 bits per heavy atom. The van der Waals surface area contributed by atoms with Crippen LogP contribution in [-0.2, 0) is 17.1 Å². The maximum absolute atomic E-state index is 5.31. The Bertz CT molecular complexity index is 2180. The van der Waals surface area contributed by atoms with Crippen molar-refractivity contribution in [3.05, 3.63) is 168 Å². The fourth-order valence-electron chi connectivity index (χ4n) is 6.69. The molecule has 8 bridgehead atoms. The molecule has 7 aromatic rings. The Labute approximate surface area is 295 Å². The molecule has 4 aromatic carbocycles. The zero-order valence-corrected chi connectivity index (χ0v) is 27.5. The van der Waals surface area contributed by atoms with Crippen LogP contribution in [0.1, 0.15) is 22.8 Å². The molecule has 0 fully saturated rings. The van der Waals surface area contributed by atoms with E-state index in [1.807, 2.05) is 24.3 Å². The molecule has 0 saturated heterocycles. The van der Waals surface area contributed by atoms with E-state index in [-0.39, 0.29) is 17.1 Å². The van der Waals surface area contributed by atoms with Crippen LogP contribution < -0.4 is 9.97 Å². The van der Waals surface area contributed by atoms with Gasteiger partial charge in [-0.1, -0.05) is 146 Å². The summed E-state index contributed by atoms with van der Waals surface area (Å²) in [5.74, 6) is 0. The van der Waals surface area contributed by atoms with Crippen molar-refractivity contribution in [2.75, 3.05) is 0 Å². The van der Waals surface area contributed by atoms with Crippen molar-refractivity contribution in [1.29, 1.82) is 0 Å². The molecule has 0 N–H and O–H groups in total. The summed E-state index contributed by atoms with van der Waals surface area (Å²) >= 11 is 0. The third-order valence-corrected chi connectivity index (χ3v) is 8.86. The molecule has 0 saturated carbocycles. The smallest absolute Gasteiger partial charge is 0.657 e. The average Bonchev–Trinajstić information content (AvgIpc) is 3.98. The Hall–Kier alpha value is -6.00. The molecule has 231 valence electrons. The first-order chi connectivity index (χ1) is 23.8. The molecule has 9 rings (SSSR count). The summed E-state index contributed by atoms with van der Waals surface area (Å²) in [7, 11) is 0. The normalized spacial score (nSPS) is 11.8. The minimum atomic E-state index is 0. The fraction of sp³-hybridized carbons (Fsp3) is 0. The molecule has 5 heteroatoms. The third kappa shape index (κ3) is 5.55. The summed E-state index contributed by atoms with van der Waals surface area (Å²) in [6.07, 6.45) is 8.41. The van der Waals surface area contributed by atoms with E-state index in [9.17, 15) is 0 Å². The first-order valence-corrected chi connectivity index (χ1v) is 16.1. The molecule has 0 unspecified atom stereocenters. The molecule has 0 aliphatic carbocycles. The van der Waals surface area contributed by atoms with Crippen molar-refractivity contribution < 1.29 is 17.1 Å². The summed E-state index contributed by atoms with van der Waals surface area (Å²) in [6.45, 7) is 0. The minimum Gasteiger partial charge on any atom is -0.657 e. The van der Waals surface area contributed by atoms with E-state index < -0.39 is 0 Å². The van der Waals surface area contributed by atoms with Gasteiger partial charge in [0.25, 0.3) is 0 Å². The van der Waals surface area contributed by atoms with Gasteiger partial charge in [0.15, 0.2) is 0 Å². The van der Waals surface area contributed by atoms with E-state index in [0.717, 1.165) is 89.4 Å². The number of nitrogens with zero attached hydrogens (tertiary/aromatic N) is 4. The molecule has 2 aliphatic heterocycles. The van der Waals surface area contributed by atoms with Gasteiger partial charge in [-0.25, -0.2) is 9.97 Å². The monoisotopic (exact) mass is 667 g/mol. The van der Waals surface area contributed by atoms with Crippen LogP contribution in [0, 0.1) is 0 Å². The molecule has 5 heterocycles. The van der Waals surface area contributed by atoms with Gasteiger partial charge in [-0.3, -0.25) is 0 Å². The van der Waals surface area contributed by atoms with Crippen LogP contribution in [0.4, 0.5) is 0 Å². The Kier molecular flexibility index (Phi) is 7.98. The molecule has 0 spiro atoms. The number of rotatable bonds is 4. The number of hydrogen-bond donors (Lipinski definition) is 0. The van der Waals surface area contributed by atoms with Crippen LogP contribution in [0.15, 0.2) is 146 Å². The predicted molar refractivity (Wildman–Crippen MR) is 199 cm³/mol. The van der Waals surface area contributed by atoms with Gasteiger partial charge in [0, 0.05) is 0 Å². The van der Waals surface area contributed by atoms with Crippen molar-refractivity contribution >= 4 is 46.4 Å². The van der Waals surface area contributed by atoms with E-state index in [0.29, 0.717) is 0 Å². The van der Waals surface area contributed by atoms with E-state index in [2.05, 4.69) is 146 Å². The molecule has 0 atom stereocenters. The summed E-state index contributed by atoms with van der Waals surface area (Å²) in [6, 6.07) is 50.0. The van der Waals surface area contributed by atoms with Gasteiger partial charge in [0.2, 0.25) is 0 Å². The van der Waals surface area contributed by atoms with Crippen LogP contribution in [-0.4, -0.2) is 9.97 Å². The van der Waals surface area contributed by atoms with Gasteiger partial charge < -0.3 is 9.97 Å². The molecule has 3 aromatic heterocycles. The maximum atomic E-state index is 5.31. The quantitative estimate of drug-likeness (QED) is 0.175. The number of aromatic nitrogens is 4. The molecule has 49 heavy (non-hydrogen) atoms. The molecule has 1 radical (unpaired) electrons. The van der Waals surface area contributed by atoms with Gasteiger partial charge in [-0.05, 0) is 68.8 Å². The van der Waals surface area contributed by atoms with Crippen molar-refractivity contribution in [2.45, 2.75) is 0 Å². The number of benzene rings is 4. The second kappa shape index (κ2) is 12.9. The zero-order valence-electron chi connectivity index (χ0n) is 26.3. The largest absolute Gasteiger partial charge is 2.00 e. The summed E-state index contributed by atoms with van der Waals surface area (Å²) in [5, 5.41) is 0. The van der Waals surface area contributed by atoms with Gasteiger partial charge in [-0.15, -0.1) is 22.1 Å². The van der Waals surface area contributed by atoms with Crippen molar-refractivity contribution in [2.24, 2.45) is 0 Å². The van der Waals surface area contributed by atoms with E-state index in [1.54, 1.807) is 0 Å². The predicted octanol–water partition coefficient (Wildman–Crippen LogP) is 10.6. The number of hydrogen-bond acceptors (Lipinski definition) is 2. The van der Waals surface area contributed by atoms with Gasteiger partial charge in [0.1, 0.15) is 0 Å². The zero-order chi connectivity index (χ0) is 31.9. The van der Waals surface area contributed by atoms with E-state index in [1.165, 1.54) is 0 Å². The second-order valence-electron chi connectivity index (χ2n) is 11.8. The van der Waals surface area contributed by atoms with Gasteiger partial charge in [-0.2, -0.15) is 0 Å². The van der Waals surface area contributed by atoms with Crippen LogP contribution in [0.2, 0.25) is 0 Å².